The SMILES string of the molecule is O[C@@H]1O[C@H](COC(c2ccccc2)(c2ccccc2)c2ccccc2)[C@H](F)[C@H]1OC(c1ccccc1)(c1ccccc1)c1ccccc1. The Balaban J connectivity index is 1.26. The molecule has 0 bridgehead atoms. The van der Waals surface area contributed by atoms with E-state index in [-0.39, 0.29) is 6.61 Å². The van der Waals surface area contributed by atoms with Crippen LogP contribution in [0.15, 0.2) is 182 Å². The molecule has 0 saturated carbocycles. The second-order valence-corrected chi connectivity index (χ2v) is 12.0. The molecule has 4 atom stereocenters. The summed E-state index contributed by atoms with van der Waals surface area (Å²) in [5.41, 5.74) is 2.77. The van der Waals surface area contributed by atoms with Crippen LogP contribution in [-0.4, -0.2) is 36.4 Å². The molecule has 1 aliphatic rings. The van der Waals surface area contributed by atoms with Crippen LogP contribution in [0.4, 0.5) is 4.39 Å². The van der Waals surface area contributed by atoms with Gasteiger partial charge in [-0.3, -0.25) is 0 Å². The van der Waals surface area contributed by atoms with Gasteiger partial charge in [0, 0.05) is 0 Å². The lowest BCUT2D eigenvalue weighted by atomic mass is 9.79. The summed E-state index contributed by atoms with van der Waals surface area (Å²) in [6.45, 7) is -0.147. The highest BCUT2D eigenvalue weighted by molar-refractivity contribution is 5.49. The van der Waals surface area contributed by atoms with E-state index < -0.39 is 35.9 Å². The van der Waals surface area contributed by atoms with E-state index in [1.807, 2.05) is 182 Å². The summed E-state index contributed by atoms with van der Waals surface area (Å²) in [6, 6.07) is 58.9. The second kappa shape index (κ2) is 14.1. The summed E-state index contributed by atoms with van der Waals surface area (Å²) in [6.07, 6.45) is -5.68. The molecular weight excluding hydrogens is 599 g/mol. The van der Waals surface area contributed by atoms with Gasteiger partial charge in [-0.2, -0.15) is 0 Å². The zero-order chi connectivity index (χ0) is 32.8. The quantitative estimate of drug-likeness (QED) is 0.145. The summed E-state index contributed by atoms with van der Waals surface area (Å²) in [5, 5.41) is 11.4. The third-order valence-electron chi connectivity index (χ3n) is 9.12. The first-order valence-corrected chi connectivity index (χ1v) is 16.3. The van der Waals surface area contributed by atoms with Gasteiger partial charge >= 0.3 is 0 Å². The third kappa shape index (κ3) is 5.87. The number of ether oxygens (including phenoxy) is 3. The molecule has 0 aromatic heterocycles. The maximum Gasteiger partial charge on any atom is 0.184 e. The van der Waals surface area contributed by atoms with Gasteiger partial charge in [-0.05, 0) is 33.4 Å². The molecule has 6 aromatic rings. The molecule has 1 heterocycles. The van der Waals surface area contributed by atoms with E-state index in [2.05, 4.69) is 0 Å². The minimum absolute atomic E-state index is 0.147. The topological polar surface area (TPSA) is 47.9 Å². The van der Waals surface area contributed by atoms with Crippen LogP contribution >= 0.6 is 0 Å². The van der Waals surface area contributed by atoms with E-state index in [4.69, 9.17) is 14.2 Å². The molecule has 4 nitrogen and oxygen atoms in total. The standard InChI is InChI=1S/C43H37FO4/c44-39-38(31-46-42(32-19-7-1-8-20-32,33-21-9-2-10-22-33)34-23-11-3-12-24-34)47-41(45)40(39)48-43(35-25-13-4-14-26-35,36-27-15-5-16-28-36)37-29-17-6-18-30-37/h1-30,38-41,45H,31H2/t38-,39+,40-,41-/m1/s1. The van der Waals surface area contributed by atoms with Gasteiger partial charge in [-0.25, -0.2) is 4.39 Å². The van der Waals surface area contributed by atoms with Crippen molar-refractivity contribution < 1.29 is 23.7 Å². The molecule has 1 N–H and O–H groups in total. The van der Waals surface area contributed by atoms with Gasteiger partial charge in [0.25, 0.3) is 0 Å². The zero-order valence-electron chi connectivity index (χ0n) is 26.4. The Bertz CT molecular complexity index is 1660. The third-order valence-corrected chi connectivity index (χ3v) is 9.12. The smallest absolute Gasteiger partial charge is 0.184 e. The van der Waals surface area contributed by atoms with Crippen molar-refractivity contribution in [2.24, 2.45) is 0 Å². The molecule has 48 heavy (non-hydrogen) atoms. The van der Waals surface area contributed by atoms with Crippen LogP contribution < -0.4 is 0 Å². The van der Waals surface area contributed by atoms with Crippen LogP contribution in [0.25, 0.3) is 0 Å². The molecule has 1 fully saturated rings. The summed E-state index contributed by atoms with van der Waals surface area (Å²) in [4.78, 5) is 0. The lowest BCUT2D eigenvalue weighted by Gasteiger charge is -2.39. The molecule has 7 rings (SSSR count). The average Bonchev–Trinajstić information content (AvgIpc) is 3.43. The fourth-order valence-corrected chi connectivity index (χ4v) is 6.86. The molecule has 0 aliphatic carbocycles. The zero-order valence-corrected chi connectivity index (χ0v) is 26.4. The Morgan fingerprint density at radius 1 is 0.479 bits per heavy atom. The number of aliphatic hydroxyl groups excluding tert-OH is 1. The van der Waals surface area contributed by atoms with Crippen molar-refractivity contribution in [2.45, 2.75) is 35.9 Å². The molecule has 0 radical (unpaired) electrons. The molecule has 0 unspecified atom stereocenters. The van der Waals surface area contributed by atoms with E-state index in [1.54, 1.807) is 0 Å². The van der Waals surface area contributed by atoms with E-state index in [0.717, 1.165) is 33.4 Å². The van der Waals surface area contributed by atoms with Gasteiger partial charge in [-0.15, -0.1) is 0 Å². The highest BCUT2D eigenvalue weighted by Crippen LogP contribution is 2.45. The number of alkyl halides is 1. The fraction of sp³-hybridized carbons (Fsp3) is 0.163. The molecular formula is C43H37FO4. The van der Waals surface area contributed by atoms with E-state index in [1.165, 1.54) is 0 Å². The van der Waals surface area contributed by atoms with Crippen molar-refractivity contribution in [2.75, 3.05) is 6.61 Å². The summed E-state index contributed by atoms with van der Waals surface area (Å²) in [7, 11) is 0. The van der Waals surface area contributed by atoms with Gasteiger partial charge in [0.1, 0.15) is 23.4 Å². The lowest BCUT2D eigenvalue weighted by molar-refractivity contribution is -0.174. The van der Waals surface area contributed by atoms with E-state index in [0.29, 0.717) is 0 Å². The summed E-state index contributed by atoms with van der Waals surface area (Å²) in [5.74, 6) is 0. The normalized spacial score (nSPS) is 19.6. The molecule has 240 valence electrons. The Labute approximate surface area is 281 Å². The number of rotatable bonds is 11. The number of halogens is 1. The molecule has 1 saturated heterocycles. The van der Waals surface area contributed by atoms with Crippen molar-refractivity contribution in [1.29, 1.82) is 0 Å². The minimum Gasteiger partial charge on any atom is -0.366 e. The molecule has 6 aromatic carbocycles. The summed E-state index contributed by atoms with van der Waals surface area (Å²) < 4.78 is 36.6. The van der Waals surface area contributed by atoms with Crippen LogP contribution in [-0.2, 0) is 25.4 Å². The van der Waals surface area contributed by atoms with Crippen LogP contribution in [0.1, 0.15) is 33.4 Å². The highest BCUT2D eigenvalue weighted by atomic mass is 19.1. The predicted molar refractivity (Wildman–Crippen MR) is 185 cm³/mol. The fourth-order valence-electron chi connectivity index (χ4n) is 6.86. The van der Waals surface area contributed by atoms with Crippen LogP contribution in [0.3, 0.4) is 0 Å². The molecule has 0 spiro atoms. The lowest BCUT2D eigenvalue weighted by Crippen LogP contribution is -2.44. The number of hydrogen-bond donors (Lipinski definition) is 1. The van der Waals surface area contributed by atoms with Gasteiger partial charge in [0.2, 0.25) is 0 Å². The van der Waals surface area contributed by atoms with Crippen molar-refractivity contribution in [3.8, 4) is 0 Å². The Morgan fingerprint density at radius 2 is 0.771 bits per heavy atom. The predicted octanol–water partition coefficient (Wildman–Crippen LogP) is 8.43. The average molecular weight is 637 g/mol. The Morgan fingerprint density at radius 3 is 1.08 bits per heavy atom. The maximum absolute atomic E-state index is 16.9. The second-order valence-electron chi connectivity index (χ2n) is 12.0. The number of hydrogen-bond acceptors (Lipinski definition) is 4. The van der Waals surface area contributed by atoms with Crippen molar-refractivity contribution in [3.05, 3.63) is 215 Å². The van der Waals surface area contributed by atoms with Crippen LogP contribution in [0, 0.1) is 0 Å². The Hall–Kier alpha value is -4.91. The first-order valence-electron chi connectivity index (χ1n) is 16.3. The van der Waals surface area contributed by atoms with Crippen molar-refractivity contribution in [3.63, 3.8) is 0 Å². The molecule has 0 amide bonds. The van der Waals surface area contributed by atoms with Gasteiger partial charge in [0.15, 0.2) is 12.5 Å². The Kier molecular flexibility index (Phi) is 9.28. The maximum atomic E-state index is 16.9. The van der Waals surface area contributed by atoms with Gasteiger partial charge < -0.3 is 19.3 Å². The first-order chi connectivity index (χ1) is 23.6. The van der Waals surface area contributed by atoms with E-state index in [9.17, 15) is 5.11 Å². The summed E-state index contributed by atoms with van der Waals surface area (Å²) >= 11 is 0. The van der Waals surface area contributed by atoms with Crippen LogP contribution in [0.2, 0.25) is 0 Å². The number of benzene rings is 6. The minimum atomic E-state index is -1.71. The molecule has 1 aliphatic heterocycles. The first kappa shape index (κ1) is 31.7. The highest BCUT2D eigenvalue weighted by Gasteiger charge is 2.52. The van der Waals surface area contributed by atoms with Crippen molar-refractivity contribution in [1.82, 2.24) is 0 Å². The van der Waals surface area contributed by atoms with E-state index >= 15 is 4.39 Å². The van der Waals surface area contributed by atoms with Crippen LogP contribution in [0.5, 0.6) is 0 Å². The number of aliphatic hydroxyl groups is 1. The van der Waals surface area contributed by atoms with Gasteiger partial charge in [-0.1, -0.05) is 182 Å². The van der Waals surface area contributed by atoms with Gasteiger partial charge in [0.05, 0.1) is 6.61 Å². The largest absolute Gasteiger partial charge is 0.366 e. The molecule has 5 heteroatoms. The monoisotopic (exact) mass is 636 g/mol. The van der Waals surface area contributed by atoms with Crippen molar-refractivity contribution >= 4 is 0 Å².